The van der Waals surface area contributed by atoms with Gasteiger partial charge in [0, 0.05) is 24.2 Å². The fourth-order valence-corrected chi connectivity index (χ4v) is 4.00. The normalized spacial score (nSPS) is 37.9. The number of hydrogen-bond donors (Lipinski definition) is 1. The van der Waals surface area contributed by atoms with E-state index in [2.05, 4.69) is 25.7 Å². The number of ketones is 1. The van der Waals surface area contributed by atoms with Crippen LogP contribution in [0.4, 0.5) is 0 Å². The molecule has 0 heterocycles. The van der Waals surface area contributed by atoms with Crippen molar-refractivity contribution in [1.82, 2.24) is 5.32 Å². The van der Waals surface area contributed by atoms with Gasteiger partial charge in [-0.1, -0.05) is 26.0 Å². The van der Waals surface area contributed by atoms with Crippen molar-refractivity contribution in [2.24, 2.45) is 17.3 Å². The van der Waals surface area contributed by atoms with Gasteiger partial charge in [-0.2, -0.15) is 0 Å². The molecule has 4 aliphatic carbocycles. The Bertz CT molecular complexity index is 432. The van der Waals surface area contributed by atoms with Crippen molar-refractivity contribution in [1.29, 1.82) is 0 Å². The highest BCUT2D eigenvalue weighted by Crippen LogP contribution is 2.60. The van der Waals surface area contributed by atoms with Gasteiger partial charge >= 0.3 is 0 Å². The van der Waals surface area contributed by atoms with Crippen molar-refractivity contribution in [3.05, 3.63) is 23.9 Å². The third-order valence-electron chi connectivity index (χ3n) is 5.45. The molecule has 0 aromatic rings. The number of rotatable bonds is 2. The van der Waals surface area contributed by atoms with Gasteiger partial charge in [-0.3, -0.25) is 4.79 Å². The van der Waals surface area contributed by atoms with Crippen molar-refractivity contribution >= 4 is 5.78 Å². The van der Waals surface area contributed by atoms with Gasteiger partial charge in [-0.05, 0) is 42.9 Å². The topological polar surface area (TPSA) is 29.1 Å². The molecule has 0 unspecified atom stereocenters. The maximum absolute atomic E-state index is 11.4. The second-order valence-corrected chi connectivity index (χ2v) is 6.80. The molecule has 18 heavy (non-hydrogen) atoms. The first-order valence-corrected chi connectivity index (χ1v) is 7.17. The Kier molecular flexibility index (Phi) is 2.65. The molecule has 2 heteroatoms. The molecule has 1 N–H and O–H groups in total. The van der Waals surface area contributed by atoms with Crippen LogP contribution in [0.2, 0.25) is 0 Å². The monoisotopic (exact) mass is 245 g/mol. The fraction of sp³-hybridized carbons (Fsp3) is 0.688. The molecule has 0 spiro atoms. The van der Waals surface area contributed by atoms with Crippen LogP contribution in [0.15, 0.2) is 23.9 Å². The summed E-state index contributed by atoms with van der Waals surface area (Å²) in [7, 11) is 0. The minimum Gasteiger partial charge on any atom is -0.382 e. The van der Waals surface area contributed by atoms with Gasteiger partial charge in [0.05, 0.1) is 0 Å². The highest BCUT2D eigenvalue weighted by molar-refractivity contribution is 5.91. The average Bonchev–Trinajstić information content (AvgIpc) is 2.31. The second kappa shape index (κ2) is 3.97. The van der Waals surface area contributed by atoms with Crippen molar-refractivity contribution < 1.29 is 4.79 Å². The van der Waals surface area contributed by atoms with E-state index in [0.717, 1.165) is 30.9 Å². The lowest BCUT2D eigenvalue weighted by atomic mass is 9.46. The summed E-state index contributed by atoms with van der Waals surface area (Å²) in [4.78, 5) is 11.4. The molecule has 0 radical (unpaired) electrons. The molecule has 3 atom stereocenters. The van der Waals surface area contributed by atoms with Crippen LogP contribution in [0.3, 0.4) is 0 Å². The number of allylic oxidation sites excluding steroid dienone is 2. The van der Waals surface area contributed by atoms with Gasteiger partial charge in [0.1, 0.15) is 0 Å². The summed E-state index contributed by atoms with van der Waals surface area (Å²) >= 11 is 0. The molecular weight excluding hydrogens is 222 g/mol. The minimum atomic E-state index is 0.274. The van der Waals surface area contributed by atoms with Crippen LogP contribution in [-0.4, -0.2) is 11.8 Å². The maximum atomic E-state index is 11.4. The summed E-state index contributed by atoms with van der Waals surface area (Å²) in [6.07, 6.45) is 7.05. The van der Waals surface area contributed by atoms with Crippen molar-refractivity contribution in [3.8, 4) is 0 Å². The third kappa shape index (κ3) is 1.73. The second-order valence-electron chi connectivity index (χ2n) is 6.80. The van der Waals surface area contributed by atoms with E-state index in [-0.39, 0.29) is 5.78 Å². The van der Waals surface area contributed by atoms with E-state index in [1.165, 1.54) is 18.4 Å². The largest absolute Gasteiger partial charge is 0.382 e. The van der Waals surface area contributed by atoms with Gasteiger partial charge in [0.2, 0.25) is 0 Å². The van der Waals surface area contributed by atoms with Gasteiger partial charge in [-0.25, -0.2) is 0 Å². The molecule has 0 saturated heterocycles. The van der Waals surface area contributed by atoms with Gasteiger partial charge in [-0.15, -0.1) is 0 Å². The van der Waals surface area contributed by atoms with E-state index in [0.29, 0.717) is 17.4 Å². The van der Waals surface area contributed by atoms with Crippen LogP contribution >= 0.6 is 0 Å². The Labute approximate surface area is 110 Å². The number of fused-ring (bicyclic) bond motifs is 2. The molecule has 0 amide bonds. The highest BCUT2D eigenvalue weighted by atomic mass is 16.1. The zero-order chi connectivity index (χ0) is 12.9. The smallest absolute Gasteiger partial charge is 0.157 e. The van der Waals surface area contributed by atoms with Gasteiger partial charge in [0.25, 0.3) is 0 Å². The van der Waals surface area contributed by atoms with E-state index in [9.17, 15) is 4.79 Å². The molecule has 98 valence electrons. The first-order valence-electron chi connectivity index (χ1n) is 7.17. The average molecular weight is 245 g/mol. The molecule has 2 bridgehead atoms. The zero-order valence-electron chi connectivity index (χ0n) is 11.5. The first kappa shape index (κ1) is 12.0. The minimum absolute atomic E-state index is 0.274. The Balaban J connectivity index is 1.69. The van der Waals surface area contributed by atoms with Crippen LogP contribution in [-0.2, 0) is 4.79 Å². The standard InChI is InChI=1S/C16H23NO/c1-10-14-7-11(16(14,2)3)8-15(10)17-12-5-4-6-13(18)9-12/h9,11,14-15,17H,1,4-8H2,2-3H3/t11-,14-,15-/m0/s1. The molecule has 4 rings (SSSR count). The van der Waals surface area contributed by atoms with E-state index >= 15 is 0 Å². The van der Waals surface area contributed by atoms with Crippen LogP contribution < -0.4 is 5.32 Å². The summed E-state index contributed by atoms with van der Waals surface area (Å²) in [6.45, 7) is 9.06. The van der Waals surface area contributed by atoms with Gasteiger partial charge in [0.15, 0.2) is 5.78 Å². The number of carbonyl (C=O) groups excluding carboxylic acids is 1. The Morgan fingerprint density at radius 2 is 2.11 bits per heavy atom. The van der Waals surface area contributed by atoms with Crippen molar-refractivity contribution in [2.45, 2.75) is 52.0 Å². The lowest BCUT2D eigenvalue weighted by Crippen LogP contribution is -2.56. The van der Waals surface area contributed by atoms with E-state index < -0.39 is 0 Å². The summed E-state index contributed by atoms with van der Waals surface area (Å²) < 4.78 is 0. The molecule has 3 saturated carbocycles. The van der Waals surface area contributed by atoms with Crippen molar-refractivity contribution in [2.75, 3.05) is 0 Å². The Morgan fingerprint density at radius 3 is 2.72 bits per heavy atom. The third-order valence-corrected chi connectivity index (χ3v) is 5.45. The lowest BCUT2D eigenvalue weighted by molar-refractivity contribution is -0.115. The van der Waals surface area contributed by atoms with E-state index in [1.807, 2.05) is 6.08 Å². The quantitative estimate of drug-likeness (QED) is 0.757. The number of nitrogens with one attached hydrogen (secondary N) is 1. The van der Waals surface area contributed by atoms with E-state index in [1.54, 1.807) is 0 Å². The molecule has 0 aromatic heterocycles. The predicted molar refractivity (Wildman–Crippen MR) is 73.0 cm³/mol. The highest BCUT2D eigenvalue weighted by Gasteiger charge is 2.54. The number of hydrogen-bond acceptors (Lipinski definition) is 2. The number of carbonyl (C=O) groups is 1. The lowest BCUT2D eigenvalue weighted by Gasteiger charge is -2.60. The van der Waals surface area contributed by atoms with Crippen LogP contribution in [0, 0.1) is 17.3 Å². The summed E-state index contributed by atoms with van der Waals surface area (Å²) in [5.41, 5.74) is 2.95. The fourth-order valence-electron chi connectivity index (χ4n) is 4.00. The SMILES string of the molecule is C=C1[C@@H](NC2=CC(=O)CCC2)C[C@@H]2C[C@@H]1C2(C)C. The van der Waals surface area contributed by atoms with Crippen LogP contribution in [0.5, 0.6) is 0 Å². The summed E-state index contributed by atoms with van der Waals surface area (Å²) in [6, 6.07) is 0.402. The van der Waals surface area contributed by atoms with Crippen LogP contribution in [0.25, 0.3) is 0 Å². The molecule has 0 aromatic carbocycles. The molecule has 2 nitrogen and oxygen atoms in total. The summed E-state index contributed by atoms with van der Waals surface area (Å²) in [5, 5.41) is 3.58. The van der Waals surface area contributed by atoms with E-state index in [4.69, 9.17) is 0 Å². The Hall–Kier alpha value is -1.05. The Morgan fingerprint density at radius 1 is 1.33 bits per heavy atom. The van der Waals surface area contributed by atoms with Gasteiger partial charge < -0.3 is 5.32 Å². The first-order chi connectivity index (χ1) is 8.48. The summed E-state index contributed by atoms with van der Waals surface area (Å²) in [5.74, 6) is 1.77. The van der Waals surface area contributed by atoms with Crippen LogP contribution in [0.1, 0.15) is 46.0 Å². The molecule has 0 aliphatic heterocycles. The molecule has 4 aliphatic rings. The molecule has 3 fully saturated rings. The predicted octanol–water partition coefficient (Wildman–Crippen LogP) is 3.20. The zero-order valence-corrected chi connectivity index (χ0v) is 11.5. The van der Waals surface area contributed by atoms with Crippen molar-refractivity contribution in [3.63, 3.8) is 0 Å². The molecular formula is C16H23NO. The maximum Gasteiger partial charge on any atom is 0.157 e.